The first-order valence-electron chi connectivity index (χ1n) is 9.84. The van der Waals surface area contributed by atoms with Crippen molar-refractivity contribution < 1.29 is 23.9 Å². The minimum absolute atomic E-state index is 0.0881. The van der Waals surface area contributed by atoms with Crippen LogP contribution >= 0.6 is 22.9 Å². The van der Waals surface area contributed by atoms with Crippen molar-refractivity contribution in [2.45, 2.75) is 25.7 Å². The van der Waals surface area contributed by atoms with Crippen molar-refractivity contribution >= 4 is 51.4 Å². The molecule has 1 aliphatic rings. The van der Waals surface area contributed by atoms with Crippen LogP contribution in [0.25, 0.3) is 0 Å². The maximum absolute atomic E-state index is 12.8. The molecule has 2 aromatic rings. The van der Waals surface area contributed by atoms with E-state index < -0.39 is 18.5 Å². The van der Waals surface area contributed by atoms with Crippen LogP contribution in [-0.2, 0) is 27.1 Å². The molecule has 10 heteroatoms. The quantitative estimate of drug-likeness (QED) is 0.313. The minimum Gasteiger partial charge on any atom is -0.452 e. The van der Waals surface area contributed by atoms with E-state index in [0.29, 0.717) is 28.7 Å². The Morgan fingerprint density at radius 3 is 2.77 bits per heavy atom. The number of esters is 1. The molecule has 166 valence electrons. The molecule has 1 aromatic carbocycles. The van der Waals surface area contributed by atoms with Gasteiger partial charge in [0.2, 0.25) is 0 Å². The summed E-state index contributed by atoms with van der Waals surface area (Å²) < 4.78 is 10.1. The molecule has 0 fully saturated rings. The summed E-state index contributed by atoms with van der Waals surface area (Å²) in [5.41, 5.74) is 7.52. The fraction of sp³-hybridized carbons (Fsp3) is 0.381. The van der Waals surface area contributed by atoms with Crippen LogP contribution in [0.3, 0.4) is 0 Å². The van der Waals surface area contributed by atoms with Gasteiger partial charge in [0.25, 0.3) is 11.8 Å². The summed E-state index contributed by atoms with van der Waals surface area (Å²) in [6, 6.07) is 4.43. The first-order chi connectivity index (χ1) is 14.9. The second-order valence-corrected chi connectivity index (χ2v) is 8.56. The normalized spacial score (nSPS) is 12.7. The Balaban J connectivity index is 1.69. The number of hydrogen-bond acceptors (Lipinski definition) is 7. The molecule has 2 amide bonds. The molecule has 0 aliphatic heterocycles. The lowest BCUT2D eigenvalue weighted by atomic mass is 9.95. The molecule has 0 atom stereocenters. The van der Waals surface area contributed by atoms with Gasteiger partial charge in [0.05, 0.1) is 17.7 Å². The van der Waals surface area contributed by atoms with Crippen molar-refractivity contribution in [3.05, 3.63) is 44.8 Å². The molecule has 1 heterocycles. The number of methoxy groups -OCH3 is 1. The zero-order chi connectivity index (χ0) is 22.4. The number of nitrogens with one attached hydrogen (secondary N) is 2. The number of carbonyl (C=O) groups is 3. The van der Waals surface area contributed by atoms with Gasteiger partial charge in [0.1, 0.15) is 5.00 Å². The molecule has 0 spiro atoms. The van der Waals surface area contributed by atoms with Gasteiger partial charge in [-0.25, -0.2) is 4.79 Å². The lowest BCUT2D eigenvalue weighted by Crippen LogP contribution is -2.29. The number of thiophene rings is 1. The van der Waals surface area contributed by atoms with Gasteiger partial charge in [-0.2, -0.15) is 0 Å². The van der Waals surface area contributed by atoms with E-state index in [1.165, 1.54) is 23.5 Å². The SMILES string of the molecule is COCCNC(=O)c1c(NC(=O)COC(=O)c2cc(Cl)ccc2N)sc2c1CCCC2. The molecule has 1 aromatic heterocycles. The number of carbonyl (C=O) groups excluding carboxylic acids is 3. The number of benzene rings is 1. The van der Waals surface area contributed by atoms with Crippen LogP contribution in [0.4, 0.5) is 10.7 Å². The molecule has 8 nitrogen and oxygen atoms in total. The van der Waals surface area contributed by atoms with Crippen LogP contribution in [0, 0.1) is 0 Å². The molecule has 1 aliphatic carbocycles. The highest BCUT2D eigenvalue weighted by Gasteiger charge is 2.26. The number of anilines is 2. The second-order valence-electron chi connectivity index (χ2n) is 7.02. The topological polar surface area (TPSA) is 120 Å². The van der Waals surface area contributed by atoms with Crippen molar-refractivity contribution in [3.8, 4) is 0 Å². The summed E-state index contributed by atoms with van der Waals surface area (Å²) in [4.78, 5) is 38.6. The summed E-state index contributed by atoms with van der Waals surface area (Å²) in [6.45, 7) is 0.243. The fourth-order valence-corrected chi connectivity index (χ4v) is 4.80. The monoisotopic (exact) mass is 465 g/mol. The Bertz CT molecular complexity index is 992. The standard InChI is InChI=1S/C21H24ClN3O5S/c1-29-9-8-24-19(27)18-13-4-2-3-5-16(13)31-20(18)25-17(26)11-30-21(28)14-10-12(22)6-7-15(14)23/h6-7,10H,2-5,8-9,11,23H2,1H3,(H,24,27)(H,25,26). The van der Waals surface area contributed by atoms with Gasteiger partial charge < -0.3 is 25.8 Å². The highest BCUT2D eigenvalue weighted by atomic mass is 35.5. The molecule has 0 saturated carbocycles. The lowest BCUT2D eigenvalue weighted by molar-refractivity contribution is -0.119. The third kappa shape index (κ3) is 5.75. The van der Waals surface area contributed by atoms with Gasteiger partial charge >= 0.3 is 5.97 Å². The van der Waals surface area contributed by atoms with Crippen LogP contribution in [0.15, 0.2) is 18.2 Å². The maximum atomic E-state index is 12.8. The zero-order valence-corrected chi connectivity index (χ0v) is 18.7. The zero-order valence-electron chi connectivity index (χ0n) is 17.1. The number of hydrogen-bond donors (Lipinski definition) is 3. The van der Waals surface area contributed by atoms with Gasteiger partial charge in [-0.3, -0.25) is 9.59 Å². The first-order valence-corrected chi connectivity index (χ1v) is 11.0. The number of fused-ring (bicyclic) bond motifs is 1. The number of nitrogen functional groups attached to an aromatic ring is 1. The van der Waals surface area contributed by atoms with Crippen LogP contribution in [0.1, 0.15) is 44.0 Å². The molecular weight excluding hydrogens is 442 g/mol. The number of nitrogens with two attached hydrogens (primary N) is 1. The van der Waals surface area contributed by atoms with E-state index in [4.69, 9.17) is 26.8 Å². The number of ether oxygens (including phenoxy) is 2. The Kier molecular flexibility index (Phi) is 7.89. The highest BCUT2D eigenvalue weighted by Crippen LogP contribution is 2.38. The Hall–Kier alpha value is -2.62. The Morgan fingerprint density at radius 1 is 1.23 bits per heavy atom. The maximum Gasteiger partial charge on any atom is 0.340 e. The minimum atomic E-state index is -0.752. The second kappa shape index (κ2) is 10.6. The number of aryl methyl sites for hydroxylation is 1. The van der Waals surface area contributed by atoms with Crippen molar-refractivity contribution in [1.82, 2.24) is 5.32 Å². The van der Waals surface area contributed by atoms with Gasteiger partial charge in [0.15, 0.2) is 6.61 Å². The van der Waals surface area contributed by atoms with Crippen molar-refractivity contribution in [1.29, 1.82) is 0 Å². The van der Waals surface area contributed by atoms with Gasteiger partial charge in [-0.05, 0) is 49.4 Å². The predicted molar refractivity (Wildman–Crippen MR) is 120 cm³/mol. The molecule has 0 bridgehead atoms. The van der Waals surface area contributed by atoms with Crippen LogP contribution in [0.2, 0.25) is 5.02 Å². The largest absolute Gasteiger partial charge is 0.452 e. The van der Waals surface area contributed by atoms with E-state index in [9.17, 15) is 14.4 Å². The summed E-state index contributed by atoms with van der Waals surface area (Å²) in [7, 11) is 1.56. The molecule has 31 heavy (non-hydrogen) atoms. The molecule has 0 radical (unpaired) electrons. The molecule has 0 saturated heterocycles. The number of rotatable bonds is 8. The Morgan fingerprint density at radius 2 is 2.00 bits per heavy atom. The van der Waals surface area contributed by atoms with Gasteiger partial charge in [0, 0.05) is 29.2 Å². The van der Waals surface area contributed by atoms with E-state index in [-0.39, 0.29) is 17.2 Å². The van der Waals surface area contributed by atoms with E-state index >= 15 is 0 Å². The van der Waals surface area contributed by atoms with Crippen LogP contribution in [-0.4, -0.2) is 44.7 Å². The number of amides is 2. The number of halogens is 1. The van der Waals surface area contributed by atoms with E-state index in [0.717, 1.165) is 36.1 Å². The van der Waals surface area contributed by atoms with Gasteiger partial charge in [-0.1, -0.05) is 11.6 Å². The Labute approximate surface area is 189 Å². The first kappa shape index (κ1) is 23.1. The predicted octanol–water partition coefficient (Wildman–Crippen LogP) is 3.03. The fourth-order valence-electron chi connectivity index (χ4n) is 3.33. The average molecular weight is 466 g/mol. The average Bonchev–Trinajstić information content (AvgIpc) is 3.11. The molecule has 4 N–H and O–H groups in total. The van der Waals surface area contributed by atoms with Crippen LogP contribution < -0.4 is 16.4 Å². The highest BCUT2D eigenvalue weighted by molar-refractivity contribution is 7.17. The summed E-state index contributed by atoms with van der Waals surface area (Å²) in [6.07, 6.45) is 3.70. The van der Waals surface area contributed by atoms with E-state index in [1.807, 2.05) is 0 Å². The summed E-state index contributed by atoms with van der Waals surface area (Å²) in [5, 5.41) is 6.33. The van der Waals surface area contributed by atoms with Gasteiger partial charge in [-0.15, -0.1) is 11.3 Å². The third-order valence-corrected chi connectivity index (χ3v) is 6.26. The van der Waals surface area contributed by atoms with Crippen molar-refractivity contribution in [3.63, 3.8) is 0 Å². The van der Waals surface area contributed by atoms with Crippen molar-refractivity contribution in [2.24, 2.45) is 0 Å². The molecular formula is C21H24ClN3O5S. The third-order valence-electron chi connectivity index (χ3n) is 4.81. The smallest absolute Gasteiger partial charge is 0.340 e. The summed E-state index contributed by atoms with van der Waals surface area (Å²) >= 11 is 7.28. The molecule has 0 unspecified atom stereocenters. The van der Waals surface area contributed by atoms with Crippen LogP contribution in [0.5, 0.6) is 0 Å². The van der Waals surface area contributed by atoms with E-state index in [1.54, 1.807) is 13.2 Å². The summed E-state index contributed by atoms with van der Waals surface area (Å²) in [5.74, 6) is -1.55. The lowest BCUT2D eigenvalue weighted by Gasteiger charge is -2.13. The molecule has 3 rings (SSSR count). The van der Waals surface area contributed by atoms with Crippen molar-refractivity contribution in [2.75, 3.05) is 37.9 Å². The van der Waals surface area contributed by atoms with E-state index in [2.05, 4.69) is 10.6 Å².